The van der Waals surface area contributed by atoms with E-state index in [0.717, 1.165) is 12.3 Å². The van der Waals surface area contributed by atoms with Crippen LogP contribution in [0.25, 0.3) is 0 Å². The van der Waals surface area contributed by atoms with E-state index in [4.69, 9.17) is 0 Å². The third-order valence-corrected chi connectivity index (χ3v) is 4.59. The van der Waals surface area contributed by atoms with Crippen LogP contribution < -0.4 is 10.2 Å². The van der Waals surface area contributed by atoms with E-state index in [9.17, 15) is 22.4 Å². The van der Waals surface area contributed by atoms with Crippen molar-refractivity contribution in [2.24, 2.45) is 0 Å². The number of halogens is 4. The van der Waals surface area contributed by atoms with Crippen molar-refractivity contribution in [2.45, 2.75) is 13.1 Å². The number of hydrogen-bond donors (Lipinski definition) is 1. The summed E-state index contributed by atoms with van der Waals surface area (Å²) in [6.45, 7) is 4.03. The van der Waals surface area contributed by atoms with Gasteiger partial charge in [-0.15, -0.1) is 0 Å². The van der Waals surface area contributed by atoms with Gasteiger partial charge in [0.2, 0.25) is 5.91 Å². The van der Waals surface area contributed by atoms with E-state index in [0.29, 0.717) is 43.2 Å². The van der Waals surface area contributed by atoms with Crippen LogP contribution >= 0.6 is 0 Å². The second kappa shape index (κ2) is 8.14. The number of alkyl halides is 3. The molecule has 1 aliphatic rings. The van der Waals surface area contributed by atoms with E-state index in [1.807, 2.05) is 9.80 Å². The topological polar surface area (TPSA) is 48.5 Å². The molecule has 2 heterocycles. The van der Waals surface area contributed by atoms with Crippen molar-refractivity contribution < 1.29 is 22.4 Å². The Labute approximate surface area is 160 Å². The zero-order valence-electron chi connectivity index (χ0n) is 15.3. The van der Waals surface area contributed by atoms with Crippen LogP contribution in [0.4, 0.5) is 29.1 Å². The number of rotatable bonds is 4. The van der Waals surface area contributed by atoms with Gasteiger partial charge in [-0.1, -0.05) is 6.07 Å². The molecule has 5 nitrogen and oxygen atoms in total. The maximum atomic E-state index is 13.5. The molecule has 1 saturated heterocycles. The monoisotopic (exact) mass is 396 g/mol. The van der Waals surface area contributed by atoms with Crippen molar-refractivity contribution in [1.29, 1.82) is 0 Å². The molecule has 1 aromatic carbocycles. The molecule has 2 aromatic rings. The average molecular weight is 396 g/mol. The molecule has 28 heavy (non-hydrogen) atoms. The highest BCUT2D eigenvalue weighted by Gasteiger charge is 2.31. The molecule has 1 amide bonds. The number of nitrogens with zero attached hydrogens (tertiary/aromatic N) is 3. The highest BCUT2D eigenvalue weighted by Crippen LogP contribution is 2.29. The minimum Gasteiger partial charge on any atom is -0.354 e. The Morgan fingerprint density at radius 1 is 1.14 bits per heavy atom. The average Bonchev–Trinajstić information content (AvgIpc) is 2.65. The van der Waals surface area contributed by atoms with Gasteiger partial charge >= 0.3 is 6.18 Å². The Bertz CT molecular complexity index is 831. The van der Waals surface area contributed by atoms with Crippen molar-refractivity contribution in [3.63, 3.8) is 0 Å². The van der Waals surface area contributed by atoms with Gasteiger partial charge in [0, 0.05) is 38.1 Å². The van der Waals surface area contributed by atoms with Gasteiger partial charge in [-0.25, -0.2) is 9.37 Å². The van der Waals surface area contributed by atoms with E-state index in [1.54, 1.807) is 19.1 Å². The van der Waals surface area contributed by atoms with Gasteiger partial charge in [0.05, 0.1) is 12.1 Å². The first kappa shape index (κ1) is 20.1. The number of pyridine rings is 1. The first-order valence-corrected chi connectivity index (χ1v) is 8.79. The van der Waals surface area contributed by atoms with Gasteiger partial charge in [-0.05, 0) is 36.8 Å². The van der Waals surface area contributed by atoms with E-state index < -0.39 is 11.7 Å². The number of nitrogens with one attached hydrogen (secondary N) is 1. The third-order valence-electron chi connectivity index (χ3n) is 4.59. The Morgan fingerprint density at radius 3 is 2.43 bits per heavy atom. The molecule has 0 radical (unpaired) electrons. The minimum atomic E-state index is -4.40. The standard InChI is InChI=1S/C19H20F4N4O/c1-13-2-4-15(10-16(13)20)25-18(28)12-26-6-8-27(9-7-26)17-5-3-14(11-24-17)19(21,22)23/h2-5,10-11H,6-9,12H2,1H3,(H,25,28). The van der Waals surface area contributed by atoms with E-state index >= 15 is 0 Å². The number of carbonyl (C=O) groups is 1. The number of hydrogen-bond acceptors (Lipinski definition) is 4. The van der Waals surface area contributed by atoms with Crippen LogP contribution in [0.3, 0.4) is 0 Å². The highest BCUT2D eigenvalue weighted by molar-refractivity contribution is 5.92. The molecule has 0 saturated carbocycles. The fourth-order valence-electron chi connectivity index (χ4n) is 2.95. The summed E-state index contributed by atoms with van der Waals surface area (Å²) in [6, 6.07) is 6.90. The van der Waals surface area contributed by atoms with Crippen molar-refractivity contribution in [3.05, 3.63) is 53.5 Å². The number of piperazine rings is 1. The normalized spacial score (nSPS) is 15.5. The largest absolute Gasteiger partial charge is 0.417 e. The molecule has 150 valence electrons. The second-order valence-corrected chi connectivity index (χ2v) is 6.68. The summed E-state index contributed by atoms with van der Waals surface area (Å²) in [5.74, 6) is -0.146. The first-order valence-electron chi connectivity index (χ1n) is 8.79. The lowest BCUT2D eigenvalue weighted by Crippen LogP contribution is -2.48. The quantitative estimate of drug-likeness (QED) is 0.806. The van der Waals surface area contributed by atoms with Crippen LogP contribution in [-0.4, -0.2) is 48.5 Å². The zero-order valence-corrected chi connectivity index (χ0v) is 15.3. The molecule has 0 spiro atoms. The van der Waals surface area contributed by atoms with Gasteiger partial charge in [0.15, 0.2) is 0 Å². The number of aryl methyl sites for hydroxylation is 1. The lowest BCUT2D eigenvalue weighted by atomic mass is 10.2. The Hall–Kier alpha value is -2.68. The Morgan fingerprint density at radius 2 is 1.86 bits per heavy atom. The Balaban J connectivity index is 1.49. The second-order valence-electron chi connectivity index (χ2n) is 6.68. The predicted octanol–water partition coefficient (Wildman–Crippen LogP) is 3.31. The van der Waals surface area contributed by atoms with Gasteiger partial charge in [0.25, 0.3) is 0 Å². The minimum absolute atomic E-state index is 0.157. The summed E-state index contributed by atoms with van der Waals surface area (Å²) in [6.07, 6.45) is -3.58. The van der Waals surface area contributed by atoms with Gasteiger partial charge in [0.1, 0.15) is 11.6 Å². The van der Waals surface area contributed by atoms with Gasteiger partial charge in [-0.2, -0.15) is 13.2 Å². The van der Waals surface area contributed by atoms with Crippen molar-refractivity contribution >= 4 is 17.4 Å². The fourth-order valence-corrected chi connectivity index (χ4v) is 2.95. The van der Waals surface area contributed by atoms with Crippen LogP contribution in [0.1, 0.15) is 11.1 Å². The predicted molar refractivity (Wildman–Crippen MR) is 97.7 cm³/mol. The molecular weight excluding hydrogens is 376 g/mol. The molecule has 0 atom stereocenters. The summed E-state index contributed by atoms with van der Waals surface area (Å²) in [4.78, 5) is 19.9. The number of benzene rings is 1. The summed E-state index contributed by atoms with van der Waals surface area (Å²) in [7, 11) is 0. The van der Waals surface area contributed by atoms with Crippen LogP contribution in [0.2, 0.25) is 0 Å². The molecule has 1 N–H and O–H groups in total. The maximum Gasteiger partial charge on any atom is 0.417 e. The van der Waals surface area contributed by atoms with E-state index in [2.05, 4.69) is 10.3 Å². The first-order chi connectivity index (χ1) is 13.2. The van der Waals surface area contributed by atoms with Gasteiger partial charge < -0.3 is 10.2 Å². The molecule has 1 aromatic heterocycles. The zero-order chi connectivity index (χ0) is 20.3. The molecule has 0 bridgehead atoms. The lowest BCUT2D eigenvalue weighted by molar-refractivity contribution is -0.137. The van der Waals surface area contributed by atoms with Crippen molar-refractivity contribution in [3.8, 4) is 0 Å². The fraction of sp³-hybridized carbons (Fsp3) is 0.368. The molecule has 3 rings (SSSR count). The van der Waals surface area contributed by atoms with Crippen molar-refractivity contribution in [2.75, 3.05) is 42.9 Å². The summed E-state index contributed by atoms with van der Waals surface area (Å²) in [5, 5.41) is 2.67. The smallest absolute Gasteiger partial charge is 0.354 e. The SMILES string of the molecule is Cc1ccc(NC(=O)CN2CCN(c3ccc(C(F)(F)F)cn3)CC2)cc1F. The van der Waals surface area contributed by atoms with E-state index in [1.165, 1.54) is 12.1 Å². The van der Waals surface area contributed by atoms with Crippen LogP contribution in [-0.2, 0) is 11.0 Å². The molecule has 0 unspecified atom stereocenters. The molecular formula is C19H20F4N4O. The molecule has 0 aliphatic carbocycles. The van der Waals surface area contributed by atoms with Crippen LogP contribution in [0, 0.1) is 12.7 Å². The maximum absolute atomic E-state index is 13.5. The molecule has 1 aliphatic heterocycles. The molecule has 1 fully saturated rings. The number of anilines is 2. The summed E-state index contributed by atoms with van der Waals surface area (Å²) < 4.78 is 51.4. The Kier molecular flexibility index (Phi) is 5.83. The highest BCUT2D eigenvalue weighted by atomic mass is 19.4. The van der Waals surface area contributed by atoms with Gasteiger partial charge in [-0.3, -0.25) is 9.69 Å². The number of aromatic nitrogens is 1. The number of carbonyl (C=O) groups excluding carboxylic acids is 1. The van der Waals surface area contributed by atoms with Crippen LogP contribution in [0.5, 0.6) is 0 Å². The van der Waals surface area contributed by atoms with E-state index in [-0.39, 0.29) is 18.3 Å². The lowest BCUT2D eigenvalue weighted by Gasteiger charge is -2.35. The summed E-state index contributed by atoms with van der Waals surface area (Å²) in [5.41, 5.74) is 0.130. The molecule has 9 heteroatoms. The van der Waals surface area contributed by atoms with Crippen LogP contribution in [0.15, 0.2) is 36.5 Å². The summed E-state index contributed by atoms with van der Waals surface area (Å²) >= 11 is 0. The third kappa shape index (κ3) is 4.98. The number of amides is 1. The van der Waals surface area contributed by atoms with Crippen molar-refractivity contribution in [1.82, 2.24) is 9.88 Å².